The Kier molecular flexibility index (Phi) is 3.36. The fraction of sp³-hybridized carbons (Fsp3) is 0.364. The Balaban J connectivity index is 1.87. The van der Waals surface area contributed by atoms with Crippen LogP contribution in [0.1, 0.15) is 24.4 Å². The molecule has 5 nitrogen and oxygen atoms in total. The van der Waals surface area contributed by atoms with Gasteiger partial charge in [0, 0.05) is 15.9 Å². The molecule has 2 aromatic rings. The second-order valence-corrected chi connectivity index (χ2v) is 6.19. The highest BCUT2D eigenvalue weighted by Crippen LogP contribution is 2.38. The van der Waals surface area contributed by atoms with Crippen LogP contribution in [-0.4, -0.2) is 20.2 Å². The minimum Gasteiger partial charge on any atom is -0.326 e. The summed E-state index contributed by atoms with van der Waals surface area (Å²) in [7, 11) is 0. The van der Waals surface area contributed by atoms with Crippen LogP contribution in [0.3, 0.4) is 0 Å². The van der Waals surface area contributed by atoms with Crippen molar-refractivity contribution in [3.63, 3.8) is 0 Å². The minimum atomic E-state index is 0.489. The molecule has 0 unspecified atom stereocenters. The summed E-state index contributed by atoms with van der Waals surface area (Å²) in [4.78, 5) is 1.10. The lowest BCUT2D eigenvalue weighted by Gasteiger charge is -2.05. The van der Waals surface area contributed by atoms with E-state index in [1.54, 1.807) is 11.8 Å². The highest BCUT2D eigenvalue weighted by Gasteiger charge is 2.28. The second kappa shape index (κ2) is 4.99. The predicted molar refractivity (Wildman–Crippen MR) is 72.2 cm³/mol. The molecule has 0 atom stereocenters. The Morgan fingerprint density at radius 3 is 2.94 bits per heavy atom. The van der Waals surface area contributed by atoms with Crippen LogP contribution >= 0.6 is 27.7 Å². The van der Waals surface area contributed by atoms with Crippen molar-refractivity contribution < 1.29 is 0 Å². The third-order valence-corrected chi connectivity index (χ3v) is 4.11. The predicted octanol–water partition coefficient (Wildman–Crippen LogP) is 2.38. The minimum absolute atomic E-state index is 0.489. The van der Waals surface area contributed by atoms with Gasteiger partial charge in [-0.2, -0.15) is 0 Å². The number of hydrogen-bond acceptors (Lipinski definition) is 5. The average Bonchev–Trinajstić information content (AvgIpc) is 3.10. The molecule has 0 saturated heterocycles. The lowest BCUT2D eigenvalue weighted by atomic mass is 10.2. The molecule has 1 saturated carbocycles. The van der Waals surface area contributed by atoms with Crippen molar-refractivity contribution in [2.45, 2.75) is 35.5 Å². The monoisotopic (exact) mass is 325 g/mol. The normalized spacial score (nSPS) is 15.0. The zero-order valence-electron chi connectivity index (χ0n) is 9.58. The van der Waals surface area contributed by atoms with E-state index in [1.165, 1.54) is 12.8 Å². The standard InChI is InChI=1S/C11H12BrN5S/c12-8-3-7(6-13)4-10(5-8)18-11-14-15-16-17(11)9-1-2-9/h3-5,9H,1-2,6,13H2. The van der Waals surface area contributed by atoms with Gasteiger partial charge in [-0.05, 0) is 58.8 Å². The number of benzene rings is 1. The van der Waals surface area contributed by atoms with Crippen LogP contribution in [0.25, 0.3) is 0 Å². The van der Waals surface area contributed by atoms with Crippen molar-refractivity contribution in [2.75, 3.05) is 0 Å². The van der Waals surface area contributed by atoms with Crippen molar-refractivity contribution in [3.05, 3.63) is 28.2 Å². The van der Waals surface area contributed by atoms with E-state index in [0.717, 1.165) is 20.1 Å². The summed E-state index contributed by atoms with van der Waals surface area (Å²) in [5.41, 5.74) is 6.77. The summed E-state index contributed by atoms with van der Waals surface area (Å²) in [6, 6.07) is 6.63. The van der Waals surface area contributed by atoms with Crippen LogP contribution in [0.4, 0.5) is 0 Å². The number of rotatable bonds is 4. The smallest absolute Gasteiger partial charge is 0.214 e. The van der Waals surface area contributed by atoms with E-state index in [9.17, 15) is 0 Å². The molecular formula is C11H12BrN5S. The molecule has 1 aliphatic carbocycles. The number of halogens is 1. The highest BCUT2D eigenvalue weighted by molar-refractivity contribution is 9.10. The fourth-order valence-corrected chi connectivity index (χ4v) is 3.36. The first-order chi connectivity index (χ1) is 8.76. The van der Waals surface area contributed by atoms with Crippen LogP contribution in [-0.2, 0) is 6.54 Å². The molecule has 1 aromatic heterocycles. The van der Waals surface area contributed by atoms with Crippen LogP contribution in [0, 0.1) is 0 Å². The number of nitrogens with two attached hydrogens (primary N) is 1. The zero-order chi connectivity index (χ0) is 12.5. The van der Waals surface area contributed by atoms with E-state index in [0.29, 0.717) is 12.6 Å². The van der Waals surface area contributed by atoms with Crippen molar-refractivity contribution in [1.29, 1.82) is 0 Å². The molecule has 3 rings (SSSR count). The van der Waals surface area contributed by atoms with Crippen molar-refractivity contribution >= 4 is 27.7 Å². The molecule has 1 fully saturated rings. The van der Waals surface area contributed by atoms with Gasteiger partial charge in [0.05, 0.1) is 6.04 Å². The molecule has 2 N–H and O–H groups in total. The summed E-state index contributed by atoms with van der Waals surface area (Å²) >= 11 is 5.06. The van der Waals surface area contributed by atoms with Gasteiger partial charge in [0.2, 0.25) is 5.16 Å². The van der Waals surface area contributed by atoms with Gasteiger partial charge in [-0.15, -0.1) is 5.10 Å². The van der Waals surface area contributed by atoms with Gasteiger partial charge in [-0.3, -0.25) is 0 Å². The molecule has 7 heteroatoms. The first-order valence-corrected chi connectivity index (χ1v) is 7.32. The molecule has 1 aromatic carbocycles. The van der Waals surface area contributed by atoms with Crippen LogP contribution in [0.5, 0.6) is 0 Å². The largest absolute Gasteiger partial charge is 0.326 e. The topological polar surface area (TPSA) is 69.6 Å². The molecule has 0 bridgehead atoms. The lowest BCUT2D eigenvalue weighted by molar-refractivity contribution is 0.565. The van der Waals surface area contributed by atoms with Gasteiger partial charge in [-0.25, -0.2) is 4.68 Å². The third-order valence-electron chi connectivity index (χ3n) is 2.73. The van der Waals surface area contributed by atoms with Gasteiger partial charge < -0.3 is 5.73 Å². The number of hydrogen-bond donors (Lipinski definition) is 1. The number of nitrogens with zero attached hydrogens (tertiary/aromatic N) is 4. The van der Waals surface area contributed by atoms with Gasteiger partial charge in [-0.1, -0.05) is 15.9 Å². The summed E-state index contributed by atoms with van der Waals surface area (Å²) in [5, 5.41) is 12.7. The van der Waals surface area contributed by atoms with Gasteiger partial charge in [0.1, 0.15) is 0 Å². The van der Waals surface area contributed by atoms with Gasteiger partial charge >= 0.3 is 0 Å². The summed E-state index contributed by atoms with van der Waals surface area (Å²) in [5.74, 6) is 0. The molecule has 1 heterocycles. The Morgan fingerprint density at radius 1 is 1.39 bits per heavy atom. The average molecular weight is 326 g/mol. The zero-order valence-corrected chi connectivity index (χ0v) is 12.0. The van der Waals surface area contributed by atoms with Crippen molar-refractivity contribution in [2.24, 2.45) is 5.73 Å². The molecule has 18 heavy (non-hydrogen) atoms. The Bertz CT molecular complexity index is 566. The third kappa shape index (κ3) is 2.57. The Morgan fingerprint density at radius 2 is 2.22 bits per heavy atom. The quantitative estimate of drug-likeness (QED) is 0.934. The van der Waals surface area contributed by atoms with E-state index in [2.05, 4.69) is 43.6 Å². The number of tetrazole rings is 1. The van der Waals surface area contributed by atoms with Crippen LogP contribution in [0.15, 0.2) is 32.7 Å². The summed E-state index contributed by atoms with van der Waals surface area (Å²) < 4.78 is 2.94. The number of aromatic nitrogens is 4. The molecule has 94 valence electrons. The van der Waals surface area contributed by atoms with E-state index < -0.39 is 0 Å². The van der Waals surface area contributed by atoms with E-state index >= 15 is 0 Å². The maximum Gasteiger partial charge on any atom is 0.214 e. The molecule has 0 spiro atoms. The summed E-state index contributed by atoms with van der Waals surface area (Å²) in [6.07, 6.45) is 2.34. The van der Waals surface area contributed by atoms with Crippen LogP contribution in [0.2, 0.25) is 0 Å². The van der Waals surface area contributed by atoms with E-state index in [4.69, 9.17) is 5.73 Å². The first kappa shape index (κ1) is 12.1. The highest BCUT2D eigenvalue weighted by atomic mass is 79.9. The molecule has 0 amide bonds. The molecule has 0 radical (unpaired) electrons. The van der Waals surface area contributed by atoms with E-state index in [1.807, 2.05) is 10.7 Å². The van der Waals surface area contributed by atoms with Crippen molar-refractivity contribution in [1.82, 2.24) is 20.2 Å². The van der Waals surface area contributed by atoms with Gasteiger partial charge in [0.15, 0.2) is 0 Å². The van der Waals surface area contributed by atoms with Crippen LogP contribution < -0.4 is 5.73 Å². The van der Waals surface area contributed by atoms with E-state index in [-0.39, 0.29) is 0 Å². The maximum atomic E-state index is 5.67. The Labute approximate surface area is 117 Å². The first-order valence-electron chi connectivity index (χ1n) is 5.71. The fourth-order valence-electron chi connectivity index (χ4n) is 1.70. The SMILES string of the molecule is NCc1cc(Br)cc(Sc2nnnn2C2CC2)c1. The lowest BCUT2D eigenvalue weighted by Crippen LogP contribution is -1.99. The molecule has 0 aliphatic heterocycles. The van der Waals surface area contributed by atoms with Crippen molar-refractivity contribution in [3.8, 4) is 0 Å². The Hall–Kier alpha value is -0.920. The summed E-state index contributed by atoms with van der Waals surface area (Å²) in [6.45, 7) is 0.528. The molecule has 1 aliphatic rings. The second-order valence-electron chi connectivity index (χ2n) is 4.24. The van der Waals surface area contributed by atoms with Gasteiger partial charge in [0.25, 0.3) is 0 Å². The maximum absolute atomic E-state index is 5.67. The molecular weight excluding hydrogens is 314 g/mol.